The molecular formula is C15H19Cl2NO4. The van der Waals surface area contributed by atoms with Crippen molar-refractivity contribution in [2.75, 3.05) is 13.7 Å². The van der Waals surface area contributed by atoms with Crippen molar-refractivity contribution in [1.29, 1.82) is 0 Å². The summed E-state index contributed by atoms with van der Waals surface area (Å²) in [5, 5.41) is 3.40. The summed E-state index contributed by atoms with van der Waals surface area (Å²) in [6, 6.07) is 4.00. The highest BCUT2D eigenvalue weighted by molar-refractivity contribution is 6.35. The van der Waals surface area contributed by atoms with Gasteiger partial charge in [0.05, 0.1) is 12.1 Å². The van der Waals surface area contributed by atoms with Crippen LogP contribution in [-0.4, -0.2) is 31.6 Å². The molecule has 5 nitrogen and oxygen atoms in total. The second-order valence-corrected chi connectivity index (χ2v) is 5.66. The molecule has 0 radical (unpaired) electrons. The molecule has 2 atom stereocenters. The van der Waals surface area contributed by atoms with Crippen LogP contribution >= 0.6 is 23.2 Å². The third kappa shape index (κ3) is 5.39. The van der Waals surface area contributed by atoms with Crippen molar-refractivity contribution in [2.45, 2.75) is 26.3 Å². The predicted octanol–water partition coefficient (Wildman–Crippen LogP) is 3.08. The Kier molecular flexibility index (Phi) is 7.48. The van der Waals surface area contributed by atoms with Crippen molar-refractivity contribution in [3.63, 3.8) is 0 Å². The second kappa shape index (κ2) is 8.86. The fraction of sp³-hybridized carbons (Fsp3) is 0.467. The molecule has 1 amide bonds. The van der Waals surface area contributed by atoms with E-state index in [4.69, 9.17) is 32.7 Å². The Hall–Kier alpha value is -1.46. The van der Waals surface area contributed by atoms with E-state index in [-0.39, 0.29) is 12.5 Å². The van der Waals surface area contributed by atoms with Crippen molar-refractivity contribution >= 4 is 35.1 Å². The second-order valence-electron chi connectivity index (χ2n) is 4.82. The molecule has 0 aliphatic carbocycles. The van der Waals surface area contributed by atoms with Gasteiger partial charge in [-0.15, -0.1) is 0 Å². The molecule has 1 aromatic rings. The first-order valence-electron chi connectivity index (χ1n) is 6.84. The van der Waals surface area contributed by atoms with Crippen LogP contribution < -0.4 is 10.1 Å². The van der Waals surface area contributed by atoms with Gasteiger partial charge in [-0.2, -0.15) is 0 Å². The van der Waals surface area contributed by atoms with E-state index in [0.29, 0.717) is 15.8 Å². The van der Waals surface area contributed by atoms with Crippen LogP contribution in [0.4, 0.5) is 0 Å². The van der Waals surface area contributed by atoms with Gasteiger partial charge in [0.25, 0.3) is 5.91 Å². The minimum Gasteiger partial charge on any atom is -0.482 e. The van der Waals surface area contributed by atoms with E-state index in [0.717, 1.165) is 6.42 Å². The number of hydrogen-bond acceptors (Lipinski definition) is 4. The summed E-state index contributed by atoms with van der Waals surface area (Å²) in [4.78, 5) is 23.6. The molecule has 1 aromatic carbocycles. The summed E-state index contributed by atoms with van der Waals surface area (Å²) < 4.78 is 10.0. The molecule has 0 aliphatic rings. The van der Waals surface area contributed by atoms with Crippen LogP contribution in [0.25, 0.3) is 0 Å². The third-order valence-corrected chi connectivity index (χ3v) is 3.77. The van der Waals surface area contributed by atoms with E-state index in [9.17, 15) is 9.59 Å². The Bertz CT molecular complexity index is 536. The molecule has 0 aromatic heterocycles. The highest BCUT2D eigenvalue weighted by Crippen LogP contribution is 2.27. The van der Waals surface area contributed by atoms with Gasteiger partial charge in [0.1, 0.15) is 11.8 Å². The largest absolute Gasteiger partial charge is 0.482 e. The van der Waals surface area contributed by atoms with Gasteiger partial charge in [-0.05, 0) is 24.1 Å². The maximum atomic E-state index is 11.9. The highest BCUT2D eigenvalue weighted by Gasteiger charge is 2.26. The van der Waals surface area contributed by atoms with E-state index in [1.54, 1.807) is 12.1 Å². The zero-order chi connectivity index (χ0) is 16.7. The minimum atomic E-state index is -0.702. The van der Waals surface area contributed by atoms with Crippen molar-refractivity contribution in [3.8, 4) is 5.75 Å². The van der Waals surface area contributed by atoms with Gasteiger partial charge >= 0.3 is 5.97 Å². The lowest BCUT2D eigenvalue weighted by Gasteiger charge is -2.21. The van der Waals surface area contributed by atoms with Gasteiger partial charge in [0.15, 0.2) is 6.61 Å². The molecule has 0 fully saturated rings. The molecule has 0 spiro atoms. The Morgan fingerprint density at radius 1 is 1.32 bits per heavy atom. The minimum absolute atomic E-state index is 0.0458. The van der Waals surface area contributed by atoms with Crippen LogP contribution in [-0.2, 0) is 14.3 Å². The third-order valence-electron chi connectivity index (χ3n) is 3.24. The summed E-state index contributed by atoms with van der Waals surface area (Å²) in [7, 11) is 1.29. The Labute approximate surface area is 139 Å². The van der Waals surface area contributed by atoms with E-state index in [2.05, 4.69) is 5.32 Å². The summed E-state index contributed by atoms with van der Waals surface area (Å²) in [5.74, 6) is -0.608. The number of carbonyl (C=O) groups is 2. The lowest BCUT2D eigenvalue weighted by molar-refractivity contribution is -0.146. The molecule has 0 bridgehead atoms. The zero-order valence-electron chi connectivity index (χ0n) is 12.7. The molecular weight excluding hydrogens is 329 g/mol. The first kappa shape index (κ1) is 18.6. The van der Waals surface area contributed by atoms with Gasteiger partial charge in [0.2, 0.25) is 0 Å². The van der Waals surface area contributed by atoms with Crippen LogP contribution in [0.3, 0.4) is 0 Å². The standard InChI is InChI=1S/C15H19Cl2NO4/c1-4-9(2)14(15(20)21-3)18-13(19)8-22-12-6-5-10(16)7-11(12)17/h5-7,9,14H,4,8H2,1-3H3,(H,18,19). The van der Waals surface area contributed by atoms with Crippen LogP contribution in [0, 0.1) is 5.92 Å². The normalized spacial score (nSPS) is 13.1. The van der Waals surface area contributed by atoms with Crippen molar-refractivity contribution in [1.82, 2.24) is 5.32 Å². The Morgan fingerprint density at radius 3 is 2.55 bits per heavy atom. The van der Waals surface area contributed by atoms with Gasteiger partial charge in [-0.25, -0.2) is 4.79 Å². The van der Waals surface area contributed by atoms with Crippen molar-refractivity contribution in [2.24, 2.45) is 5.92 Å². The number of hydrogen-bond donors (Lipinski definition) is 1. The maximum absolute atomic E-state index is 11.9. The number of methoxy groups -OCH3 is 1. The number of amides is 1. The molecule has 1 rings (SSSR count). The average molecular weight is 348 g/mol. The molecule has 1 N–H and O–H groups in total. The molecule has 7 heteroatoms. The number of ether oxygens (including phenoxy) is 2. The van der Waals surface area contributed by atoms with Crippen molar-refractivity contribution < 1.29 is 19.1 Å². The van der Waals surface area contributed by atoms with Gasteiger partial charge in [-0.3, -0.25) is 4.79 Å². The lowest BCUT2D eigenvalue weighted by atomic mass is 9.99. The lowest BCUT2D eigenvalue weighted by Crippen LogP contribution is -2.47. The molecule has 0 aliphatic heterocycles. The molecule has 22 heavy (non-hydrogen) atoms. The topological polar surface area (TPSA) is 64.6 Å². The molecule has 2 unspecified atom stereocenters. The monoisotopic (exact) mass is 347 g/mol. The van der Waals surface area contributed by atoms with Crippen LogP contribution in [0.1, 0.15) is 20.3 Å². The molecule has 122 valence electrons. The summed E-state index contributed by atoms with van der Waals surface area (Å²) in [6.45, 7) is 3.53. The average Bonchev–Trinajstić information content (AvgIpc) is 2.50. The number of rotatable bonds is 7. The predicted molar refractivity (Wildman–Crippen MR) is 85.4 cm³/mol. The van der Waals surface area contributed by atoms with Crippen LogP contribution in [0.15, 0.2) is 18.2 Å². The zero-order valence-corrected chi connectivity index (χ0v) is 14.2. The van der Waals surface area contributed by atoms with Gasteiger partial charge in [-0.1, -0.05) is 43.5 Å². The number of esters is 1. The fourth-order valence-electron chi connectivity index (χ4n) is 1.75. The van der Waals surface area contributed by atoms with Crippen LogP contribution in [0.5, 0.6) is 5.75 Å². The SMILES string of the molecule is CCC(C)C(NC(=O)COc1ccc(Cl)cc1Cl)C(=O)OC. The number of carbonyl (C=O) groups excluding carboxylic acids is 2. The van der Waals surface area contributed by atoms with E-state index in [1.807, 2.05) is 13.8 Å². The Balaban J connectivity index is 2.62. The molecule has 0 saturated heterocycles. The Morgan fingerprint density at radius 2 is 2.00 bits per heavy atom. The quantitative estimate of drug-likeness (QED) is 0.769. The van der Waals surface area contributed by atoms with Crippen LogP contribution in [0.2, 0.25) is 10.0 Å². The van der Waals surface area contributed by atoms with E-state index >= 15 is 0 Å². The van der Waals surface area contributed by atoms with E-state index in [1.165, 1.54) is 13.2 Å². The summed E-state index contributed by atoms with van der Waals surface area (Å²) in [5.41, 5.74) is 0. The first-order valence-corrected chi connectivity index (χ1v) is 7.59. The summed E-state index contributed by atoms with van der Waals surface area (Å²) >= 11 is 11.7. The maximum Gasteiger partial charge on any atom is 0.328 e. The summed E-state index contributed by atoms with van der Waals surface area (Å²) in [6.07, 6.45) is 0.726. The van der Waals surface area contributed by atoms with Gasteiger partial charge < -0.3 is 14.8 Å². The number of benzene rings is 1. The number of halogens is 2. The van der Waals surface area contributed by atoms with E-state index < -0.39 is 17.9 Å². The first-order chi connectivity index (χ1) is 10.4. The fourth-order valence-corrected chi connectivity index (χ4v) is 2.21. The molecule has 0 saturated carbocycles. The van der Waals surface area contributed by atoms with Gasteiger partial charge in [0, 0.05) is 5.02 Å². The highest BCUT2D eigenvalue weighted by atomic mass is 35.5. The number of nitrogens with one attached hydrogen (secondary N) is 1. The molecule has 0 heterocycles. The smallest absolute Gasteiger partial charge is 0.328 e. The van der Waals surface area contributed by atoms with Crippen molar-refractivity contribution in [3.05, 3.63) is 28.2 Å².